The highest BCUT2D eigenvalue weighted by Crippen LogP contribution is 2.29. The lowest BCUT2D eigenvalue weighted by molar-refractivity contribution is -0.137. The van der Waals surface area contributed by atoms with E-state index in [9.17, 15) is 13.2 Å². The fourth-order valence-electron chi connectivity index (χ4n) is 5.21. The fraction of sp³-hybridized carbons (Fsp3) is 0.407. The minimum absolute atomic E-state index is 0.0668. The number of hydrogen-bond acceptors (Lipinski definition) is 6. The Morgan fingerprint density at radius 1 is 0.944 bits per heavy atom. The molecule has 0 N–H and O–H groups in total. The number of para-hydroxylation sites is 1. The molecule has 1 aromatic heterocycles. The second-order valence-corrected chi connectivity index (χ2v) is 11.7. The van der Waals surface area contributed by atoms with Gasteiger partial charge in [0.05, 0.1) is 16.3 Å². The minimum Gasteiger partial charge on any atom is -0.378 e. The first-order chi connectivity index (χ1) is 17.3. The second-order valence-electron chi connectivity index (χ2n) is 9.75. The summed E-state index contributed by atoms with van der Waals surface area (Å²) in [5.74, 6) is -0.236. The Kier molecular flexibility index (Phi) is 6.85. The first-order valence-electron chi connectivity index (χ1n) is 12.5. The predicted molar refractivity (Wildman–Crippen MR) is 143 cm³/mol. The molecule has 0 aliphatic carbocycles. The second kappa shape index (κ2) is 10.1. The maximum atomic E-state index is 13.4. The van der Waals surface area contributed by atoms with Crippen molar-refractivity contribution in [2.24, 2.45) is 5.92 Å². The Morgan fingerprint density at radius 3 is 2.39 bits per heavy atom. The molecule has 2 fully saturated rings. The average molecular weight is 508 g/mol. The van der Waals surface area contributed by atoms with Crippen LogP contribution in [-0.4, -0.2) is 81.9 Å². The van der Waals surface area contributed by atoms with Gasteiger partial charge in [0.2, 0.25) is 15.9 Å². The maximum absolute atomic E-state index is 13.4. The topological polar surface area (TPSA) is 77.1 Å². The van der Waals surface area contributed by atoms with Crippen LogP contribution < -0.4 is 9.80 Å². The van der Waals surface area contributed by atoms with Crippen molar-refractivity contribution in [1.29, 1.82) is 0 Å². The molecule has 8 nitrogen and oxygen atoms in total. The molecule has 9 heteroatoms. The largest absolute Gasteiger partial charge is 0.378 e. The molecule has 0 radical (unpaired) electrons. The third-order valence-corrected chi connectivity index (χ3v) is 9.16. The van der Waals surface area contributed by atoms with Crippen molar-refractivity contribution in [3.63, 3.8) is 0 Å². The summed E-state index contributed by atoms with van der Waals surface area (Å²) < 4.78 is 28.1. The summed E-state index contributed by atoms with van der Waals surface area (Å²) in [4.78, 5) is 24.3. The van der Waals surface area contributed by atoms with Gasteiger partial charge in [-0.15, -0.1) is 0 Å². The number of fused-ring (bicyclic) bond motifs is 1. The van der Waals surface area contributed by atoms with Crippen LogP contribution in [-0.2, 0) is 14.8 Å². The van der Waals surface area contributed by atoms with Crippen LogP contribution >= 0.6 is 0 Å². The molecular weight excluding hydrogens is 474 g/mol. The number of carbonyl (C=O) groups is 1. The Labute approximate surface area is 213 Å². The van der Waals surface area contributed by atoms with Crippen LogP contribution in [0, 0.1) is 5.92 Å². The van der Waals surface area contributed by atoms with E-state index in [0.717, 1.165) is 41.8 Å². The predicted octanol–water partition coefficient (Wildman–Crippen LogP) is 3.05. The monoisotopic (exact) mass is 507 g/mol. The number of pyridine rings is 1. The number of piperidine rings is 1. The van der Waals surface area contributed by atoms with Crippen LogP contribution in [0.15, 0.2) is 65.7 Å². The summed E-state index contributed by atoms with van der Waals surface area (Å²) in [6, 6.07) is 17.1. The standard InChI is InChI=1S/C27H33N5O3S/c1-29(2)22-9-11-23(12-10-22)36(34,35)32-15-5-6-21(20-32)27(33)31-18-16-30(17-19-31)26-13-14-28-25-8-4-3-7-24(25)26/h3-4,7-14,21H,5-6,15-20H2,1-2H3/t21-/m1/s1. The summed E-state index contributed by atoms with van der Waals surface area (Å²) in [6.07, 6.45) is 3.24. The van der Waals surface area contributed by atoms with Crippen molar-refractivity contribution < 1.29 is 13.2 Å². The Bertz CT molecular complexity index is 1330. The van der Waals surface area contributed by atoms with Gasteiger partial charge in [0.25, 0.3) is 0 Å². The van der Waals surface area contributed by atoms with Crippen molar-refractivity contribution in [2.45, 2.75) is 17.7 Å². The summed E-state index contributed by atoms with van der Waals surface area (Å²) in [6.45, 7) is 3.44. The summed E-state index contributed by atoms with van der Waals surface area (Å²) in [5, 5.41) is 1.12. The minimum atomic E-state index is -3.64. The van der Waals surface area contributed by atoms with Crippen molar-refractivity contribution in [1.82, 2.24) is 14.2 Å². The zero-order chi connectivity index (χ0) is 25.3. The number of carbonyl (C=O) groups excluding carboxylic acids is 1. The molecule has 0 unspecified atom stereocenters. The van der Waals surface area contributed by atoms with E-state index in [1.807, 2.05) is 66.5 Å². The highest BCUT2D eigenvalue weighted by atomic mass is 32.2. The lowest BCUT2D eigenvalue weighted by atomic mass is 9.97. The van der Waals surface area contributed by atoms with Crippen LogP contribution in [0.1, 0.15) is 12.8 Å². The van der Waals surface area contributed by atoms with Gasteiger partial charge < -0.3 is 14.7 Å². The maximum Gasteiger partial charge on any atom is 0.243 e. The molecule has 2 aliphatic rings. The molecule has 2 aliphatic heterocycles. The Hall–Kier alpha value is -3.17. The molecule has 0 bridgehead atoms. The third kappa shape index (κ3) is 4.77. The molecule has 190 valence electrons. The molecule has 0 spiro atoms. The van der Waals surface area contributed by atoms with Gasteiger partial charge in [-0.1, -0.05) is 18.2 Å². The van der Waals surface area contributed by atoms with Gasteiger partial charge in [0.1, 0.15) is 0 Å². The van der Waals surface area contributed by atoms with Gasteiger partial charge >= 0.3 is 0 Å². The van der Waals surface area contributed by atoms with Crippen molar-refractivity contribution in [2.75, 3.05) is 63.2 Å². The van der Waals surface area contributed by atoms with Crippen LogP contribution in [0.2, 0.25) is 0 Å². The normalized spacial score (nSPS) is 19.4. The van der Waals surface area contributed by atoms with E-state index in [-0.39, 0.29) is 23.3 Å². The van der Waals surface area contributed by atoms with Gasteiger partial charge in [-0.05, 0) is 49.2 Å². The van der Waals surface area contributed by atoms with Gasteiger partial charge in [0, 0.05) is 76.3 Å². The number of nitrogens with zero attached hydrogens (tertiary/aromatic N) is 5. The van der Waals surface area contributed by atoms with Crippen LogP contribution in [0.4, 0.5) is 11.4 Å². The van der Waals surface area contributed by atoms with E-state index in [1.54, 1.807) is 12.1 Å². The zero-order valence-electron chi connectivity index (χ0n) is 20.9. The van der Waals surface area contributed by atoms with Crippen molar-refractivity contribution >= 4 is 38.2 Å². The van der Waals surface area contributed by atoms with E-state index in [4.69, 9.17) is 0 Å². The molecule has 5 rings (SSSR count). The fourth-order valence-corrected chi connectivity index (χ4v) is 6.73. The van der Waals surface area contributed by atoms with Gasteiger partial charge in [-0.25, -0.2) is 8.42 Å². The highest BCUT2D eigenvalue weighted by Gasteiger charge is 2.36. The van der Waals surface area contributed by atoms with E-state index in [0.29, 0.717) is 26.1 Å². The number of rotatable bonds is 5. The average Bonchev–Trinajstić information content (AvgIpc) is 2.92. The summed E-state index contributed by atoms with van der Waals surface area (Å²) in [5.41, 5.74) is 3.05. The van der Waals surface area contributed by atoms with Crippen LogP contribution in [0.25, 0.3) is 10.9 Å². The van der Waals surface area contributed by atoms with Crippen molar-refractivity contribution in [3.8, 4) is 0 Å². The molecule has 3 aromatic rings. The Morgan fingerprint density at radius 2 is 1.67 bits per heavy atom. The summed E-state index contributed by atoms with van der Waals surface area (Å²) >= 11 is 0. The molecule has 1 amide bonds. The molecule has 2 aromatic carbocycles. The quantitative estimate of drug-likeness (QED) is 0.528. The van der Waals surface area contributed by atoms with Crippen LogP contribution in [0.3, 0.4) is 0 Å². The lowest BCUT2D eigenvalue weighted by Crippen LogP contribution is -2.53. The van der Waals surface area contributed by atoms with E-state index in [2.05, 4.69) is 16.0 Å². The number of hydrogen-bond donors (Lipinski definition) is 0. The zero-order valence-corrected chi connectivity index (χ0v) is 21.7. The molecule has 3 heterocycles. The number of aromatic nitrogens is 1. The number of amides is 1. The van der Waals surface area contributed by atoms with E-state index in [1.165, 1.54) is 4.31 Å². The van der Waals surface area contributed by atoms with Gasteiger partial charge in [0.15, 0.2) is 0 Å². The number of benzene rings is 2. The molecule has 1 atom stereocenters. The molecule has 0 saturated carbocycles. The SMILES string of the molecule is CN(C)c1ccc(S(=O)(=O)N2CCC[C@@H](C(=O)N3CCN(c4ccnc5ccccc45)CC3)C2)cc1. The van der Waals surface area contributed by atoms with Gasteiger partial charge in [-0.3, -0.25) is 9.78 Å². The Balaban J connectivity index is 1.23. The van der Waals surface area contributed by atoms with E-state index < -0.39 is 10.0 Å². The molecule has 36 heavy (non-hydrogen) atoms. The van der Waals surface area contributed by atoms with Crippen LogP contribution in [0.5, 0.6) is 0 Å². The third-order valence-electron chi connectivity index (χ3n) is 7.28. The number of sulfonamides is 1. The first kappa shape index (κ1) is 24.5. The highest BCUT2D eigenvalue weighted by molar-refractivity contribution is 7.89. The lowest BCUT2D eigenvalue weighted by Gasteiger charge is -2.39. The molecular formula is C27H33N5O3S. The first-order valence-corrected chi connectivity index (χ1v) is 13.9. The number of piperazine rings is 1. The number of anilines is 2. The smallest absolute Gasteiger partial charge is 0.243 e. The summed E-state index contributed by atoms with van der Waals surface area (Å²) in [7, 11) is 0.203. The van der Waals surface area contributed by atoms with Crippen molar-refractivity contribution in [3.05, 3.63) is 60.8 Å². The molecule has 2 saturated heterocycles. The van der Waals surface area contributed by atoms with Gasteiger partial charge in [-0.2, -0.15) is 4.31 Å². The van der Waals surface area contributed by atoms with E-state index >= 15 is 0 Å².